The minimum Gasteiger partial charge on any atom is -0.493 e. The molecule has 0 saturated heterocycles. The number of imidazole rings is 1. The molecule has 0 spiro atoms. The number of carbonyl (C=O) groups excluding carboxylic acids is 2. The number of Topliss-reactive ketones (excluding diaryl/α,β-unsaturated/α-hetero) is 1. The molecular formula is C28H30N4O6S. The third kappa shape index (κ3) is 6.27. The molecule has 0 aliphatic rings. The molecule has 4 aromatic rings. The molecule has 2 aromatic carbocycles. The van der Waals surface area contributed by atoms with Gasteiger partial charge in [-0.3, -0.25) is 9.59 Å². The van der Waals surface area contributed by atoms with Gasteiger partial charge in [-0.15, -0.1) is 11.3 Å². The van der Waals surface area contributed by atoms with Crippen molar-refractivity contribution in [3.8, 4) is 22.9 Å². The highest BCUT2D eigenvalue weighted by atomic mass is 32.1. The predicted octanol–water partition coefficient (Wildman–Crippen LogP) is 4.61. The number of hydrogen-bond acceptors (Lipinski definition) is 8. The molecule has 4 rings (SSSR count). The van der Waals surface area contributed by atoms with Gasteiger partial charge in [-0.25, -0.2) is 14.3 Å². The highest BCUT2D eigenvalue weighted by Gasteiger charge is 2.33. The van der Waals surface area contributed by atoms with Crippen molar-refractivity contribution in [1.29, 1.82) is 0 Å². The third-order valence-corrected chi connectivity index (χ3v) is 7.05. The van der Waals surface area contributed by atoms with Crippen molar-refractivity contribution in [2.24, 2.45) is 0 Å². The van der Waals surface area contributed by atoms with Gasteiger partial charge in [0.25, 0.3) is 0 Å². The number of aromatic amines is 1. The number of nitrogens with one attached hydrogen (secondary N) is 2. The first-order valence-electron chi connectivity index (χ1n) is 12.4. The maximum absolute atomic E-state index is 13.7. The summed E-state index contributed by atoms with van der Waals surface area (Å²) in [6, 6.07) is 14.9. The molecule has 0 radical (unpaired) electrons. The molecule has 2 heterocycles. The van der Waals surface area contributed by atoms with E-state index < -0.39 is 23.6 Å². The Morgan fingerprint density at radius 3 is 2.51 bits per heavy atom. The van der Waals surface area contributed by atoms with Gasteiger partial charge in [0.15, 0.2) is 10.9 Å². The van der Waals surface area contributed by atoms with E-state index in [-0.39, 0.29) is 28.2 Å². The van der Waals surface area contributed by atoms with Crippen molar-refractivity contribution in [1.82, 2.24) is 14.5 Å². The summed E-state index contributed by atoms with van der Waals surface area (Å²) in [5.74, 6) is -0.971. The van der Waals surface area contributed by atoms with Gasteiger partial charge in [0, 0.05) is 30.4 Å². The van der Waals surface area contributed by atoms with Crippen LogP contribution in [0.3, 0.4) is 0 Å². The Kier molecular flexibility index (Phi) is 8.95. The highest BCUT2D eigenvalue weighted by molar-refractivity contribution is 7.14. The van der Waals surface area contributed by atoms with Gasteiger partial charge in [-0.05, 0) is 29.8 Å². The number of nitrogens with zero attached hydrogens (tertiary/aromatic N) is 2. The molecule has 2 atom stereocenters. The van der Waals surface area contributed by atoms with Crippen LogP contribution in [-0.4, -0.2) is 51.7 Å². The monoisotopic (exact) mass is 550 g/mol. The summed E-state index contributed by atoms with van der Waals surface area (Å²) < 4.78 is 11.6. The normalized spacial score (nSPS) is 12.6. The molecule has 0 aliphatic carbocycles. The average molecular weight is 551 g/mol. The fourth-order valence-corrected chi connectivity index (χ4v) is 4.90. The van der Waals surface area contributed by atoms with Crippen molar-refractivity contribution in [3.63, 3.8) is 0 Å². The summed E-state index contributed by atoms with van der Waals surface area (Å²) >= 11 is 1.12. The molecule has 0 bridgehead atoms. The van der Waals surface area contributed by atoms with Gasteiger partial charge >= 0.3 is 5.69 Å². The number of benzene rings is 2. The molecule has 1 amide bonds. The number of aromatic nitrogens is 3. The van der Waals surface area contributed by atoms with E-state index in [1.807, 2.05) is 30.3 Å². The first-order valence-corrected chi connectivity index (χ1v) is 13.3. The molecule has 39 heavy (non-hydrogen) atoms. The zero-order valence-electron chi connectivity index (χ0n) is 21.8. The first kappa shape index (κ1) is 27.8. The number of amides is 1. The van der Waals surface area contributed by atoms with Crippen molar-refractivity contribution in [3.05, 3.63) is 81.7 Å². The van der Waals surface area contributed by atoms with Crippen LogP contribution in [0.1, 0.15) is 48.3 Å². The molecule has 204 valence electrons. The van der Waals surface area contributed by atoms with E-state index in [0.29, 0.717) is 30.9 Å². The van der Waals surface area contributed by atoms with Gasteiger partial charge < -0.3 is 24.9 Å². The van der Waals surface area contributed by atoms with E-state index in [0.717, 1.165) is 21.5 Å². The van der Waals surface area contributed by atoms with Crippen LogP contribution in [-0.2, 0) is 9.53 Å². The minimum absolute atomic E-state index is 0.139. The lowest BCUT2D eigenvalue weighted by Crippen LogP contribution is -2.35. The maximum atomic E-state index is 13.7. The summed E-state index contributed by atoms with van der Waals surface area (Å²) in [5.41, 5.74) is 1.13. The fraction of sp³-hybridized carbons (Fsp3) is 0.286. The molecule has 0 saturated carbocycles. The van der Waals surface area contributed by atoms with E-state index in [4.69, 9.17) is 9.47 Å². The molecule has 10 nitrogen and oxygen atoms in total. The lowest BCUT2D eigenvalue weighted by Gasteiger charge is -2.24. The molecule has 2 aromatic heterocycles. The van der Waals surface area contributed by atoms with Crippen molar-refractivity contribution < 1.29 is 24.2 Å². The summed E-state index contributed by atoms with van der Waals surface area (Å²) in [5, 5.41) is 15.8. The van der Waals surface area contributed by atoms with Crippen LogP contribution in [0.5, 0.6) is 11.6 Å². The molecule has 3 N–H and O–H groups in total. The number of carbonyl (C=O) groups is 2. The zero-order chi connectivity index (χ0) is 27.9. The SMILES string of the molecule is CCC(=O)c1csc(NC(=O)[C@H]([C@@H](C)c2ccccc2)n2c(O)c(-c3ccc(OCCOC)cc3)[nH]c2=O)n1. The number of ether oxygens (including phenoxy) is 2. The van der Waals surface area contributed by atoms with E-state index in [1.165, 1.54) is 0 Å². The van der Waals surface area contributed by atoms with Gasteiger partial charge in [0.2, 0.25) is 11.8 Å². The Balaban J connectivity index is 1.69. The maximum Gasteiger partial charge on any atom is 0.329 e. The Bertz CT molecular complexity index is 1480. The van der Waals surface area contributed by atoms with Gasteiger partial charge in [0.1, 0.15) is 29.8 Å². The number of hydrogen-bond donors (Lipinski definition) is 3. The summed E-state index contributed by atoms with van der Waals surface area (Å²) in [4.78, 5) is 45.8. The quantitative estimate of drug-likeness (QED) is 0.173. The smallest absolute Gasteiger partial charge is 0.329 e. The van der Waals surface area contributed by atoms with Crippen molar-refractivity contribution in [2.75, 3.05) is 25.6 Å². The lowest BCUT2D eigenvalue weighted by molar-refractivity contribution is -0.120. The Morgan fingerprint density at radius 2 is 1.85 bits per heavy atom. The van der Waals surface area contributed by atoms with E-state index >= 15 is 0 Å². The van der Waals surface area contributed by atoms with Crippen LogP contribution in [0.25, 0.3) is 11.3 Å². The van der Waals surface area contributed by atoms with Crippen molar-refractivity contribution in [2.45, 2.75) is 32.2 Å². The van der Waals surface area contributed by atoms with E-state index in [2.05, 4.69) is 15.3 Å². The predicted molar refractivity (Wildman–Crippen MR) is 149 cm³/mol. The zero-order valence-corrected chi connectivity index (χ0v) is 22.7. The number of aromatic hydroxyl groups is 1. The number of methoxy groups -OCH3 is 1. The van der Waals surface area contributed by atoms with E-state index in [9.17, 15) is 19.5 Å². The van der Waals surface area contributed by atoms with Gasteiger partial charge in [-0.1, -0.05) is 44.2 Å². The van der Waals surface area contributed by atoms with Gasteiger partial charge in [0.05, 0.1) is 6.61 Å². The van der Waals surface area contributed by atoms with Gasteiger partial charge in [-0.2, -0.15) is 0 Å². The molecule has 0 fully saturated rings. The molecule has 11 heteroatoms. The molecular weight excluding hydrogens is 520 g/mol. The van der Waals surface area contributed by atoms with Crippen LogP contribution in [0, 0.1) is 0 Å². The summed E-state index contributed by atoms with van der Waals surface area (Å²) in [6.07, 6.45) is 0.292. The second kappa shape index (κ2) is 12.5. The van der Waals surface area contributed by atoms with Crippen LogP contribution in [0.15, 0.2) is 64.8 Å². The van der Waals surface area contributed by atoms with E-state index in [1.54, 1.807) is 50.6 Å². The number of anilines is 1. The third-order valence-electron chi connectivity index (χ3n) is 6.29. The van der Waals surface area contributed by atoms with Crippen LogP contribution >= 0.6 is 11.3 Å². The lowest BCUT2D eigenvalue weighted by atomic mass is 9.92. The van der Waals surface area contributed by atoms with Crippen LogP contribution < -0.4 is 15.7 Å². The molecule has 0 unspecified atom stereocenters. The number of rotatable bonds is 12. The standard InChI is InChI=1S/C28H30N4O6S/c1-4-22(33)21-16-39-27(29-21)31-25(34)24(17(2)18-8-6-5-7-9-18)32-26(35)23(30-28(32)36)19-10-12-20(13-11-19)38-15-14-37-3/h5-13,16-17,24,35H,4,14-15H2,1-3H3,(H,30,36)(H,29,31,34)/t17-,24-/m0/s1. The molecule has 0 aliphatic heterocycles. The average Bonchev–Trinajstić information content (AvgIpc) is 3.53. The first-order chi connectivity index (χ1) is 18.8. The summed E-state index contributed by atoms with van der Waals surface area (Å²) in [7, 11) is 1.59. The van der Waals surface area contributed by atoms with Crippen molar-refractivity contribution >= 4 is 28.2 Å². The van der Waals surface area contributed by atoms with Crippen LogP contribution in [0.2, 0.25) is 0 Å². The van der Waals surface area contributed by atoms with Crippen LogP contribution in [0.4, 0.5) is 5.13 Å². The Hall–Kier alpha value is -4.22. The second-order valence-corrected chi connectivity index (χ2v) is 9.67. The second-order valence-electron chi connectivity index (χ2n) is 8.81. The summed E-state index contributed by atoms with van der Waals surface area (Å²) in [6.45, 7) is 4.37. The topological polar surface area (TPSA) is 136 Å². The number of H-pyrrole nitrogens is 1. The highest BCUT2D eigenvalue weighted by Crippen LogP contribution is 2.35. The Labute approximate surface area is 229 Å². The minimum atomic E-state index is -1.13. The Morgan fingerprint density at radius 1 is 1.13 bits per heavy atom. The fourth-order valence-electron chi connectivity index (χ4n) is 4.19. The largest absolute Gasteiger partial charge is 0.493 e. The number of ketones is 1. The number of thiazole rings is 1.